The summed E-state index contributed by atoms with van der Waals surface area (Å²) < 4.78 is 14.6. The van der Waals surface area contributed by atoms with E-state index in [0.29, 0.717) is 11.1 Å². The lowest BCUT2D eigenvalue weighted by Gasteiger charge is -2.45. The molecule has 0 saturated carbocycles. The third-order valence-electron chi connectivity index (χ3n) is 3.58. The van der Waals surface area contributed by atoms with Crippen molar-refractivity contribution in [2.24, 2.45) is 5.92 Å². The summed E-state index contributed by atoms with van der Waals surface area (Å²) in [5.41, 5.74) is 1.56. The first-order valence-corrected chi connectivity index (χ1v) is 8.85. The van der Waals surface area contributed by atoms with Gasteiger partial charge in [-0.25, -0.2) is 0 Å². The summed E-state index contributed by atoms with van der Waals surface area (Å²) in [7, 11) is -2.47. The Morgan fingerprint density at radius 1 is 1.18 bits per heavy atom. The van der Waals surface area contributed by atoms with Crippen molar-refractivity contribution in [2.75, 3.05) is 0 Å². The minimum Gasteiger partial charge on any atom is -0.307 e. The lowest BCUT2D eigenvalue weighted by Crippen LogP contribution is -2.57. The lowest BCUT2D eigenvalue weighted by molar-refractivity contribution is 0.138. The van der Waals surface area contributed by atoms with Gasteiger partial charge in [0.1, 0.15) is 6.61 Å². The molecule has 22 heavy (non-hydrogen) atoms. The Hall–Kier alpha value is -0.800. The number of rotatable bonds is 3. The van der Waals surface area contributed by atoms with E-state index < -0.39 is 8.25 Å². The normalized spacial score (nSPS) is 20.7. The second kappa shape index (κ2) is 8.16. The molecule has 5 heteroatoms. The molecule has 1 aliphatic heterocycles. The van der Waals surface area contributed by atoms with Crippen LogP contribution >= 0.6 is 8.25 Å². The summed E-state index contributed by atoms with van der Waals surface area (Å²) in [6, 6.07) is 9.24. The number of piperidine rings is 1. The average Bonchev–Trinajstić information content (AvgIpc) is 2.34. The minimum atomic E-state index is -2.47. The molecule has 1 unspecified atom stereocenters. The van der Waals surface area contributed by atoms with Gasteiger partial charge in [0.2, 0.25) is 0 Å². The molecular formula is C17H29NO3P+. The van der Waals surface area contributed by atoms with Crippen molar-refractivity contribution >= 4 is 8.25 Å². The van der Waals surface area contributed by atoms with Gasteiger partial charge in [0.25, 0.3) is 0 Å². The summed E-state index contributed by atoms with van der Waals surface area (Å²) in [5, 5.41) is 3.66. The van der Waals surface area contributed by atoms with Gasteiger partial charge in [0.05, 0.1) is 0 Å². The molecule has 0 aromatic heterocycles. The highest BCUT2D eigenvalue weighted by Crippen LogP contribution is 2.31. The van der Waals surface area contributed by atoms with Crippen LogP contribution in [0, 0.1) is 5.92 Å². The van der Waals surface area contributed by atoms with Gasteiger partial charge in [-0.05, 0) is 52.0 Å². The monoisotopic (exact) mass is 326 g/mol. The van der Waals surface area contributed by atoms with Crippen LogP contribution in [0.5, 0.6) is 0 Å². The van der Waals surface area contributed by atoms with Crippen LogP contribution in [0.1, 0.15) is 53.0 Å². The Bertz CT molecular complexity index is 458. The van der Waals surface area contributed by atoms with E-state index in [1.807, 2.05) is 30.3 Å². The van der Waals surface area contributed by atoms with Crippen molar-refractivity contribution in [3.8, 4) is 0 Å². The summed E-state index contributed by atoms with van der Waals surface area (Å²) in [5.74, 6) is 0.862. The van der Waals surface area contributed by atoms with Crippen LogP contribution in [0.3, 0.4) is 0 Å². The van der Waals surface area contributed by atoms with Gasteiger partial charge in [-0.1, -0.05) is 37.3 Å². The molecule has 1 heterocycles. The van der Waals surface area contributed by atoms with Gasteiger partial charge in [-0.3, -0.25) is 0 Å². The highest BCUT2D eigenvalue weighted by atomic mass is 31.1. The largest absolute Gasteiger partial charge is 0.695 e. The average molecular weight is 326 g/mol. The van der Waals surface area contributed by atoms with Crippen molar-refractivity contribution in [2.45, 2.75) is 65.1 Å². The SMILES string of the molecule is CC1CC(C)(C)NC(C)(C)C1.O=[P+](O)OCc1ccccc1. The first-order chi connectivity index (χ1) is 10.1. The molecule has 1 fully saturated rings. The van der Waals surface area contributed by atoms with Gasteiger partial charge >= 0.3 is 8.25 Å². The van der Waals surface area contributed by atoms with Crippen LogP contribution < -0.4 is 5.32 Å². The van der Waals surface area contributed by atoms with Crippen LogP contribution in [-0.2, 0) is 15.7 Å². The number of nitrogens with one attached hydrogen (secondary N) is 1. The Labute approximate surface area is 135 Å². The van der Waals surface area contributed by atoms with Crippen molar-refractivity contribution in [1.29, 1.82) is 0 Å². The predicted molar refractivity (Wildman–Crippen MR) is 90.7 cm³/mol. The lowest BCUT2D eigenvalue weighted by atomic mass is 9.77. The highest BCUT2D eigenvalue weighted by molar-refractivity contribution is 7.32. The Morgan fingerprint density at radius 2 is 1.68 bits per heavy atom. The molecule has 2 rings (SSSR count). The first-order valence-electron chi connectivity index (χ1n) is 7.72. The zero-order valence-electron chi connectivity index (χ0n) is 14.3. The van der Waals surface area contributed by atoms with E-state index in [0.717, 1.165) is 11.5 Å². The Balaban J connectivity index is 0.000000220. The maximum atomic E-state index is 10.1. The van der Waals surface area contributed by atoms with Crippen molar-refractivity contribution < 1.29 is 14.0 Å². The second-order valence-corrected chi connectivity index (χ2v) is 8.14. The molecule has 1 atom stereocenters. The maximum absolute atomic E-state index is 10.1. The first kappa shape index (κ1) is 19.2. The smallest absolute Gasteiger partial charge is 0.307 e. The van der Waals surface area contributed by atoms with E-state index in [-0.39, 0.29) is 6.61 Å². The van der Waals surface area contributed by atoms with Gasteiger partial charge < -0.3 is 5.32 Å². The van der Waals surface area contributed by atoms with Gasteiger partial charge in [0.15, 0.2) is 0 Å². The summed E-state index contributed by atoms with van der Waals surface area (Å²) in [6.07, 6.45) is 2.60. The standard InChI is InChI=1S/C10H21N.C7H7O3P/c1-8-6-9(2,3)11-10(4,5)7-8;8-11(9)10-6-7-4-2-1-3-5-7/h8,11H,6-7H2,1-5H3;1-5H,6H2/p+1. The molecule has 0 radical (unpaired) electrons. The minimum absolute atomic E-state index is 0.187. The molecule has 0 aliphatic carbocycles. The summed E-state index contributed by atoms with van der Waals surface area (Å²) in [4.78, 5) is 8.30. The Kier molecular flexibility index (Phi) is 7.14. The third kappa shape index (κ3) is 8.00. The van der Waals surface area contributed by atoms with Crippen LogP contribution in [-0.4, -0.2) is 16.0 Å². The number of benzene rings is 1. The fraction of sp³-hybridized carbons (Fsp3) is 0.647. The molecule has 0 amide bonds. The molecule has 1 aromatic carbocycles. The van der Waals surface area contributed by atoms with E-state index in [2.05, 4.69) is 44.5 Å². The zero-order chi connectivity index (χ0) is 16.8. The fourth-order valence-corrected chi connectivity index (χ4v) is 3.80. The highest BCUT2D eigenvalue weighted by Gasteiger charge is 2.35. The number of hydrogen-bond donors (Lipinski definition) is 2. The molecule has 0 bridgehead atoms. The van der Waals surface area contributed by atoms with Crippen molar-refractivity contribution in [3.05, 3.63) is 35.9 Å². The molecule has 1 aromatic rings. The quantitative estimate of drug-likeness (QED) is 0.808. The maximum Gasteiger partial charge on any atom is 0.695 e. The zero-order valence-corrected chi connectivity index (χ0v) is 15.2. The molecule has 2 N–H and O–H groups in total. The van der Waals surface area contributed by atoms with Crippen LogP contribution in [0.25, 0.3) is 0 Å². The van der Waals surface area contributed by atoms with Crippen molar-refractivity contribution in [1.82, 2.24) is 5.32 Å². The second-order valence-electron chi connectivity index (χ2n) is 7.40. The van der Waals surface area contributed by atoms with E-state index in [4.69, 9.17) is 4.89 Å². The van der Waals surface area contributed by atoms with Crippen molar-refractivity contribution in [3.63, 3.8) is 0 Å². The van der Waals surface area contributed by atoms with Crippen LogP contribution in [0.15, 0.2) is 30.3 Å². The summed E-state index contributed by atoms with van der Waals surface area (Å²) in [6.45, 7) is 11.7. The molecule has 1 aliphatic rings. The predicted octanol–water partition coefficient (Wildman–Crippen LogP) is 4.42. The number of hydrogen-bond acceptors (Lipinski definition) is 3. The van der Waals surface area contributed by atoms with Crippen LogP contribution in [0.4, 0.5) is 0 Å². The van der Waals surface area contributed by atoms with Gasteiger partial charge in [-0.2, -0.15) is 0 Å². The van der Waals surface area contributed by atoms with E-state index >= 15 is 0 Å². The Morgan fingerprint density at radius 3 is 2.09 bits per heavy atom. The third-order valence-corrected chi connectivity index (χ3v) is 3.93. The van der Waals surface area contributed by atoms with E-state index in [1.165, 1.54) is 12.8 Å². The van der Waals surface area contributed by atoms with E-state index in [9.17, 15) is 4.57 Å². The molecule has 1 saturated heterocycles. The van der Waals surface area contributed by atoms with E-state index in [1.54, 1.807) is 0 Å². The summed E-state index contributed by atoms with van der Waals surface area (Å²) >= 11 is 0. The molecule has 4 nitrogen and oxygen atoms in total. The van der Waals surface area contributed by atoms with Crippen LogP contribution in [0.2, 0.25) is 0 Å². The van der Waals surface area contributed by atoms with Gasteiger partial charge in [0, 0.05) is 15.6 Å². The van der Waals surface area contributed by atoms with Gasteiger partial charge in [-0.15, -0.1) is 9.42 Å². The molecule has 124 valence electrons. The molecule has 0 spiro atoms. The topological polar surface area (TPSA) is 58.6 Å². The molecular weight excluding hydrogens is 297 g/mol. The fourth-order valence-electron chi connectivity index (χ4n) is 3.54.